The van der Waals surface area contributed by atoms with Gasteiger partial charge in [0.25, 0.3) is 10.2 Å². The summed E-state index contributed by atoms with van der Waals surface area (Å²) in [7, 11) is -3.87. The molecule has 11 heavy (non-hydrogen) atoms. The topological polar surface area (TPSA) is 136 Å². The fraction of sp³-hybridized carbons (Fsp3) is 0.667. The molecule has 0 aliphatic heterocycles. The fourth-order valence-electron chi connectivity index (χ4n) is 0.296. The highest BCUT2D eigenvalue weighted by Gasteiger charge is 2.12. The second-order valence-electron chi connectivity index (χ2n) is 1.81. The summed E-state index contributed by atoms with van der Waals surface area (Å²) in [5.41, 5.74) is 4.60. The molecule has 0 heterocycles. The first kappa shape index (κ1) is 10.3. The molecule has 0 fully saturated rings. The number of hydrogen-bond acceptors (Lipinski definition) is 4. The molecule has 0 spiro atoms. The van der Waals surface area contributed by atoms with Crippen LogP contribution >= 0.6 is 0 Å². The SMILES string of the molecule is NC(=O)C(O)CNS(N)(=O)=O. The Morgan fingerprint density at radius 1 is 1.64 bits per heavy atom. The minimum Gasteiger partial charge on any atom is -0.382 e. The number of primary amides is 1. The number of aliphatic hydroxyl groups excluding tert-OH is 1. The highest BCUT2D eigenvalue weighted by Crippen LogP contribution is 1.78. The van der Waals surface area contributed by atoms with Gasteiger partial charge in [-0.05, 0) is 0 Å². The Morgan fingerprint density at radius 3 is 2.36 bits per heavy atom. The molecule has 1 amide bonds. The number of nitrogens with two attached hydrogens (primary N) is 2. The van der Waals surface area contributed by atoms with Gasteiger partial charge in [0.2, 0.25) is 5.91 Å². The molecule has 0 aromatic rings. The molecule has 1 unspecified atom stereocenters. The zero-order valence-electron chi connectivity index (χ0n) is 5.52. The van der Waals surface area contributed by atoms with Gasteiger partial charge >= 0.3 is 0 Å². The number of amides is 1. The third-order valence-electron chi connectivity index (χ3n) is 0.806. The molecule has 7 nitrogen and oxygen atoms in total. The van der Waals surface area contributed by atoms with Gasteiger partial charge in [-0.2, -0.15) is 13.1 Å². The van der Waals surface area contributed by atoms with Gasteiger partial charge in [-0.3, -0.25) is 4.79 Å². The summed E-state index contributed by atoms with van der Waals surface area (Å²) in [6.07, 6.45) is -1.55. The number of hydrogen-bond donors (Lipinski definition) is 4. The molecular formula is C3H9N3O4S. The zero-order valence-corrected chi connectivity index (χ0v) is 6.34. The first-order valence-electron chi connectivity index (χ1n) is 2.57. The van der Waals surface area contributed by atoms with Crippen LogP contribution in [0.25, 0.3) is 0 Å². The third-order valence-corrected chi connectivity index (χ3v) is 1.38. The van der Waals surface area contributed by atoms with Gasteiger partial charge in [0.05, 0.1) is 0 Å². The molecule has 6 N–H and O–H groups in total. The van der Waals surface area contributed by atoms with Crippen molar-refractivity contribution in [3.05, 3.63) is 0 Å². The molecule has 0 rings (SSSR count). The Hall–Kier alpha value is -0.700. The molecule has 0 aromatic heterocycles. The highest BCUT2D eigenvalue weighted by atomic mass is 32.2. The Bertz CT molecular complexity index is 235. The van der Waals surface area contributed by atoms with Crippen molar-refractivity contribution >= 4 is 16.1 Å². The van der Waals surface area contributed by atoms with Crippen molar-refractivity contribution in [1.29, 1.82) is 0 Å². The minimum absolute atomic E-state index is 0.506. The quantitative estimate of drug-likeness (QED) is 0.361. The second-order valence-corrected chi connectivity index (χ2v) is 3.19. The number of rotatable bonds is 4. The van der Waals surface area contributed by atoms with Crippen molar-refractivity contribution in [2.24, 2.45) is 10.9 Å². The Labute approximate surface area is 63.6 Å². The Kier molecular flexibility index (Phi) is 3.39. The van der Waals surface area contributed by atoms with Gasteiger partial charge in [0, 0.05) is 6.54 Å². The lowest BCUT2D eigenvalue weighted by Crippen LogP contribution is -2.42. The van der Waals surface area contributed by atoms with Crippen molar-refractivity contribution in [3.8, 4) is 0 Å². The minimum atomic E-state index is -3.87. The average Bonchev–Trinajstić information content (AvgIpc) is 1.80. The summed E-state index contributed by atoms with van der Waals surface area (Å²) >= 11 is 0. The second kappa shape index (κ2) is 3.62. The van der Waals surface area contributed by atoms with E-state index in [2.05, 4.69) is 10.9 Å². The fourth-order valence-corrected chi connectivity index (χ4v) is 0.686. The molecule has 0 bridgehead atoms. The van der Waals surface area contributed by atoms with Crippen LogP contribution in [0.2, 0.25) is 0 Å². The van der Waals surface area contributed by atoms with Crippen molar-refractivity contribution in [1.82, 2.24) is 4.72 Å². The maximum atomic E-state index is 10.2. The van der Waals surface area contributed by atoms with Crippen LogP contribution in [0, 0.1) is 0 Å². The molecule has 0 radical (unpaired) electrons. The van der Waals surface area contributed by atoms with Crippen LogP contribution in [0.3, 0.4) is 0 Å². The molecule has 0 saturated heterocycles. The molecule has 8 heteroatoms. The largest absolute Gasteiger partial charge is 0.382 e. The standard InChI is InChI=1S/C3H9N3O4S/c4-3(8)2(7)1-6-11(5,9)10/h2,6-7H,1H2,(H2,4,8)(H2,5,9,10). The van der Waals surface area contributed by atoms with E-state index in [0.717, 1.165) is 0 Å². The van der Waals surface area contributed by atoms with E-state index in [4.69, 9.17) is 5.11 Å². The molecular weight excluding hydrogens is 174 g/mol. The van der Waals surface area contributed by atoms with Crippen LogP contribution in [-0.4, -0.2) is 32.1 Å². The van der Waals surface area contributed by atoms with Crippen molar-refractivity contribution in [2.45, 2.75) is 6.10 Å². The molecule has 66 valence electrons. The van der Waals surface area contributed by atoms with Crippen LogP contribution in [0.5, 0.6) is 0 Å². The lowest BCUT2D eigenvalue weighted by molar-refractivity contribution is -0.125. The van der Waals surface area contributed by atoms with Crippen molar-refractivity contribution in [2.75, 3.05) is 6.54 Å². The molecule has 0 aliphatic carbocycles. The predicted molar refractivity (Wildman–Crippen MR) is 36.3 cm³/mol. The maximum Gasteiger partial charge on any atom is 0.274 e. The number of carbonyl (C=O) groups is 1. The summed E-state index contributed by atoms with van der Waals surface area (Å²) in [6, 6.07) is 0. The van der Waals surface area contributed by atoms with E-state index in [1.807, 2.05) is 0 Å². The highest BCUT2D eigenvalue weighted by molar-refractivity contribution is 7.87. The maximum absolute atomic E-state index is 10.2. The first-order valence-corrected chi connectivity index (χ1v) is 4.12. The van der Waals surface area contributed by atoms with Gasteiger partial charge < -0.3 is 10.8 Å². The normalized spacial score (nSPS) is 14.4. The van der Waals surface area contributed by atoms with Crippen LogP contribution in [0.1, 0.15) is 0 Å². The summed E-state index contributed by atoms with van der Waals surface area (Å²) in [6.45, 7) is -0.506. The summed E-state index contributed by atoms with van der Waals surface area (Å²) in [5.74, 6) is -1.01. The van der Waals surface area contributed by atoms with Crippen LogP contribution in [-0.2, 0) is 15.0 Å². The number of nitrogens with one attached hydrogen (secondary N) is 1. The third kappa shape index (κ3) is 5.73. The van der Waals surface area contributed by atoms with E-state index in [-0.39, 0.29) is 0 Å². The van der Waals surface area contributed by atoms with Gasteiger partial charge in [0.15, 0.2) is 0 Å². The monoisotopic (exact) mass is 183 g/mol. The van der Waals surface area contributed by atoms with Crippen LogP contribution in [0.15, 0.2) is 0 Å². The predicted octanol–water partition coefficient (Wildman–Crippen LogP) is -3.37. The molecule has 0 saturated carbocycles. The van der Waals surface area contributed by atoms with E-state index in [1.54, 1.807) is 4.72 Å². The summed E-state index contributed by atoms with van der Waals surface area (Å²) in [5, 5.41) is 13.1. The Balaban J connectivity index is 3.82. The summed E-state index contributed by atoms with van der Waals surface area (Å²) in [4.78, 5) is 10.1. The van der Waals surface area contributed by atoms with E-state index in [0.29, 0.717) is 0 Å². The Morgan fingerprint density at radius 2 is 2.09 bits per heavy atom. The lowest BCUT2D eigenvalue weighted by Gasteiger charge is -2.05. The molecule has 0 aromatic carbocycles. The lowest BCUT2D eigenvalue weighted by atomic mass is 10.3. The van der Waals surface area contributed by atoms with Crippen LogP contribution in [0.4, 0.5) is 0 Å². The molecule has 1 atom stereocenters. The average molecular weight is 183 g/mol. The molecule has 0 aliphatic rings. The van der Waals surface area contributed by atoms with Gasteiger partial charge in [0.1, 0.15) is 6.10 Å². The van der Waals surface area contributed by atoms with E-state index < -0.39 is 28.8 Å². The van der Waals surface area contributed by atoms with Gasteiger partial charge in [-0.1, -0.05) is 0 Å². The zero-order chi connectivity index (χ0) is 9.07. The van der Waals surface area contributed by atoms with Gasteiger partial charge in [-0.25, -0.2) is 5.14 Å². The number of aliphatic hydroxyl groups is 1. The number of carbonyl (C=O) groups excluding carboxylic acids is 1. The van der Waals surface area contributed by atoms with E-state index >= 15 is 0 Å². The van der Waals surface area contributed by atoms with Crippen LogP contribution < -0.4 is 15.6 Å². The first-order chi connectivity index (χ1) is 4.83. The van der Waals surface area contributed by atoms with E-state index in [1.165, 1.54) is 0 Å². The van der Waals surface area contributed by atoms with Crippen molar-refractivity contribution in [3.63, 3.8) is 0 Å². The van der Waals surface area contributed by atoms with Crippen molar-refractivity contribution < 1.29 is 18.3 Å². The van der Waals surface area contributed by atoms with E-state index in [9.17, 15) is 13.2 Å². The van der Waals surface area contributed by atoms with Gasteiger partial charge in [-0.15, -0.1) is 0 Å². The summed E-state index contributed by atoms with van der Waals surface area (Å²) < 4.78 is 22.0. The smallest absolute Gasteiger partial charge is 0.274 e.